The summed E-state index contributed by atoms with van der Waals surface area (Å²) in [6.45, 7) is 4.11. The van der Waals surface area contributed by atoms with Crippen LogP contribution in [0.3, 0.4) is 0 Å². The Morgan fingerprint density at radius 3 is 2.47 bits per heavy atom. The van der Waals surface area contributed by atoms with E-state index < -0.39 is 10.0 Å². The van der Waals surface area contributed by atoms with E-state index in [0.717, 1.165) is 12.0 Å². The summed E-state index contributed by atoms with van der Waals surface area (Å²) in [5.41, 5.74) is 0.852. The lowest BCUT2D eigenvalue weighted by Gasteiger charge is -2.20. The summed E-state index contributed by atoms with van der Waals surface area (Å²) in [7, 11) is -1.95. The summed E-state index contributed by atoms with van der Waals surface area (Å²) in [5.74, 6) is 0.152. The second kappa shape index (κ2) is 5.98. The van der Waals surface area contributed by atoms with Gasteiger partial charge in [0.15, 0.2) is 0 Å². The predicted molar refractivity (Wildman–Crippen MR) is 74.1 cm³/mol. The number of nitrogens with one attached hydrogen (secondary N) is 1. The molecule has 0 spiro atoms. The van der Waals surface area contributed by atoms with Crippen molar-refractivity contribution >= 4 is 26.0 Å². The molecule has 0 aromatic heterocycles. The number of halogens is 1. The van der Waals surface area contributed by atoms with Gasteiger partial charge in [0, 0.05) is 4.83 Å². The van der Waals surface area contributed by atoms with Crippen molar-refractivity contribution in [2.45, 2.75) is 35.9 Å². The van der Waals surface area contributed by atoms with Crippen LogP contribution in [0.15, 0.2) is 29.2 Å². The van der Waals surface area contributed by atoms with Gasteiger partial charge in [0.25, 0.3) is 0 Å². The van der Waals surface area contributed by atoms with Crippen LogP contribution in [0.4, 0.5) is 0 Å². The summed E-state index contributed by atoms with van der Waals surface area (Å²) in [5, 5.41) is 0. The normalized spacial score (nSPS) is 15.5. The quantitative estimate of drug-likeness (QED) is 0.848. The lowest BCUT2D eigenvalue weighted by molar-refractivity contribution is 0.584. The lowest BCUT2D eigenvalue weighted by Crippen LogP contribution is -2.22. The summed E-state index contributed by atoms with van der Waals surface area (Å²) < 4.78 is 26.2. The molecule has 0 amide bonds. The van der Waals surface area contributed by atoms with E-state index in [-0.39, 0.29) is 10.7 Å². The van der Waals surface area contributed by atoms with Gasteiger partial charge in [-0.05, 0) is 31.0 Å². The van der Waals surface area contributed by atoms with E-state index in [9.17, 15) is 8.42 Å². The Morgan fingerprint density at radius 2 is 1.94 bits per heavy atom. The van der Waals surface area contributed by atoms with E-state index in [0.29, 0.717) is 4.90 Å². The summed E-state index contributed by atoms with van der Waals surface area (Å²) in [6.07, 6.45) is 0.953. The minimum atomic E-state index is -3.39. The Hall–Kier alpha value is -0.390. The van der Waals surface area contributed by atoms with Crippen molar-refractivity contribution in [2.75, 3.05) is 7.05 Å². The Morgan fingerprint density at radius 1 is 1.35 bits per heavy atom. The number of rotatable bonds is 5. The fourth-order valence-corrected chi connectivity index (χ4v) is 3.09. The summed E-state index contributed by atoms with van der Waals surface area (Å²) >= 11 is 3.59. The molecule has 5 heteroatoms. The predicted octanol–water partition coefficient (Wildman–Crippen LogP) is 2.87. The third kappa shape index (κ3) is 3.30. The van der Waals surface area contributed by atoms with Crippen molar-refractivity contribution in [2.24, 2.45) is 0 Å². The number of alkyl halides is 1. The van der Waals surface area contributed by atoms with Gasteiger partial charge in [0.1, 0.15) is 0 Å². The van der Waals surface area contributed by atoms with Crippen LogP contribution in [-0.4, -0.2) is 20.3 Å². The first-order chi connectivity index (χ1) is 7.94. The zero-order chi connectivity index (χ0) is 13.1. The van der Waals surface area contributed by atoms with Crippen molar-refractivity contribution < 1.29 is 8.42 Å². The van der Waals surface area contributed by atoms with Crippen molar-refractivity contribution in [1.82, 2.24) is 4.72 Å². The molecule has 96 valence electrons. The molecule has 17 heavy (non-hydrogen) atoms. The number of sulfonamides is 1. The monoisotopic (exact) mass is 319 g/mol. The van der Waals surface area contributed by atoms with Crippen LogP contribution in [0.5, 0.6) is 0 Å². The maximum Gasteiger partial charge on any atom is 0.240 e. The molecular formula is C12H18BrNO2S. The van der Waals surface area contributed by atoms with Gasteiger partial charge in [-0.2, -0.15) is 0 Å². The van der Waals surface area contributed by atoms with Gasteiger partial charge >= 0.3 is 0 Å². The van der Waals surface area contributed by atoms with Gasteiger partial charge in [0.05, 0.1) is 4.90 Å². The van der Waals surface area contributed by atoms with Crippen LogP contribution >= 0.6 is 15.9 Å². The fraction of sp³-hybridized carbons (Fsp3) is 0.500. The van der Waals surface area contributed by atoms with Crippen molar-refractivity contribution in [3.8, 4) is 0 Å². The van der Waals surface area contributed by atoms with Crippen LogP contribution < -0.4 is 4.72 Å². The summed E-state index contributed by atoms with van der Waals surface area (Å²) in [6, 6.07) is 7.14. The Bertz CT molecular complexity index is 473. The van der Waals surface area contributed by atoms with E-state index >= 15 is 0 Å². The molecule has 2 unspecified atom stereocenters. The highest BCUT2D eigenvalue weighted by Crippen LogP contribution is 2.31. The first kappa shape index (κ1) is 14.7. The molecule has 1 aromatic carbocycles. The molecule has 3 nitrogen and oxygen atoms in total. The highest BCUT2D eigenvalue weighted by atomic mass is 79.9. The molecule has 0 radical (unpaired) electrons. The smallest absolute Gasteiger partial charge is 0.214 e. The number of hydrogen-bond acceptors (Lipinski definition) is 2. The molecule has 1 N–H and O–H groups in total. The maximum absolute atomic E-state index is 11.9. The van der Waals surface area contributed by atoms with E-state index in [1.54, 1.807) is 12.1 Å². The molecule has 0 fully saturated rings. The molecule has 0 saturated heterocycles. The highest BCUT2D eigenvalue weighted by Gasteiger charge is 2.22. The van der Waals surface area contributed by atoms with Crippen LogP contribution in [0.25, 0.3) is 0 Å². The van der Waals surface area contributed by atoms with Crippen LogP contribution in [0, 0.1) is 0 Å². The van der Waals surface area contributed by atoms with Gasteiger partial charge in [0.2, 0.25) is 10.0 Å². The minimum Gasteiger partial charge on any atom is -0.214 e. The zero-order valence-electron chi connectivity index (χ0n) is 10.3. The molecule has 0 aliphatic rings. The largest absolute Gasteiger partial charge is 0.240 e. The van der Waals surface area contributed by atoms with Gasteiger partial charge in [-0.1, -0.05) is 48.0 Å². The fourth-order valence-electron chi connectivity index (χ4n) is 1.76. The van der Waals surface area contributed by atoms with Crippen molar-refractivity contribution in [3.05, 3.63) is 29.8 Å². The average molecular weight is 320 g/mol. The average Bonchev–Trinajstić information content (AvgIpc) is 2.36. The lowest BCUT2D eigenvalue weighted by atomic mass is 9.96. The molecule has 0 aliphatic heterocycles. The molecule has 0 bridgehead atoms. The molecular weight excluding hydrogens is 302 g/mol. The standard InChI is InChI=1S/C12H18BrNO2S/c1-4-11(13)9(2)10-7-5-6-8-12(10)17(15,16)14-3/h5-9,11,14H,4H2,1-3H3. The van der Waals surface area contributed by atoms with Gasteiger partial charge < -0.3 is 0 Å². The third-order valence-corrected chi connectivity index (χ3v) is 5.83. The van der Waals surface area contributed by atoms with Gasteiger partial charge in [-0.25, -0.2) is 13.1 Å². The Balaban J connectivity index is 3.26. The molecule has 0 heterocycles. The SMILES string of the molecule is CCC(Br)C(C)c1ccccc1S(=O)(=O)NC. The highest BCUT2D eigenvalue weighted by molar-refractivity contribution is 9.09. The van der Waals surface area contributed by atoms with Crippen molar-refractivity contribution in [1.29, 1.82) is 0 Å². The van der Waals surface area contributed by atoms with Crippen molar-refractivity contribution in [3.63, 3.8) is 0 Å². The van der Waals surface area contributed by atoms with Crippen LogP contribution in [0.2, 0.25) is 0 Å². The van der Waals surface area contributed by atoms with Gasteiger partial charge in [-0.15, -0.1) is 0 Å². The van der Waals surface area contributed by atoms with Crippen LogP contribution in [0.1, 0.15) is 31.7 Å². The van der Waals surface area contributed by atoms with Gasteiger partial charge in [-0.3, -0.25) is 0 Å². The zero-order valence-corrected chi connectivity index (χ0v) is 12.7. The molecule has 0 saturated carbocycles. The van der Waals surface area contributed by atoms with E-state index in [2.05, 4.69) is 27.6 Å². The summed E-state index contributed by atoms with van der Waals surface area (Å²) in [4.78, 5) is 0.642. The molecule has 1 rings (SSSR count). The molecule has 0 aliphatic carbocycles. The molecule has 1 aromatic rings. The maximum atomic E-state index is 11.9. The third-order valence-electron chi connectivity index (χ3n) is 2.90. The van der Waals surface area contributed by atoms with Crippen LogP contribution in [-0.2, 0) is 10.0 Å². The minimum absolute atomic E-state index is 0.152. The number of hydrogen-bond donors (Lipinski definition) is 1. The topological polar surface area (TPSA) is 46.2 Å². The van der Waals surface area contributed by atoms with E-state index in [4.69, 9.17) is 0 Å². The van der Waals surface area contributed by atoms with E-state index in [1.807, 2.05) is 19.1 Å². The Labute approximate surface area is 112 Å². The molecule has 2 atom stereocenters. The first-order valence-electron chi connectivity index (χ1n) is 5.60. The second-order valence-corrected chi connectivity index (χ2v) is 6.99. The number of benzene rings is 1. The second-order valence-electron chi connectivity index (χ2n) is 3.96. The van der Waals surface area contributed by atoms with E-state index in [1.165, 1.54) is 7.05 Å². The Kier molecular flexibility index (Phi) is 5.16. The first-order valence-corrected chi connectivity index (χ1v) is 8.00.